The molecule has 1 saturated heterocycles. The predicted octanol–water partition coefficient (Wildman–Crippen LogP) is 3.88. The fourth-order valence-electron chi connectivity index (χ4n) is 3.85. The molecule has 3 heterocycles. The smallest absolute Gasteiger partial charge is 0.274 e. The van der Waals surface area contributed by atoms with Crippen LogP contribution in [0.1, 0.15) is 40.6 Å². The van der Waals surface area contributed by atoms with E-state index in [1.807, 2.05) is 30.0 Å². The highest BCUT2D eigenvalue weighted by atomic mass is 16.5. The number of hydrogen-bond donors (Lipinski definition) is 0. The van der Waals surface area contributed by atoms with Crippen LogP contribution in [0.2, 0.25) is 0 Å². The van der Waals surface area contributed by atoms with Crippen LogP contribution >= 0.6 is 0 Å². The Balaban J connectivity index is 1.59. The summed E-state index contributed by atoms with van der Waals surface area (Å²) in [4.78, 5) is 27.6. The van der Waals surface area contributed by atoms with Gasteiger partial charge in [-0.25, -0.2) is 4.98 Å². The predicted molar refractivity (Wildman–Crippen MR) is 111 cm³/mol. The van der Waals surface area contributed by atoms with E-state index in [-0.39, 0.29) is 11.8 Å². The van der Waals surface area contributed by atoms with Crippen molar-refractivity contribution in [1.29, 1.82) is 0 Å². The third-order valence-corrected chi connectivity index (χ3v) is 5.29. The van der Waals surface area contributed by atoms with Gasteiger partial charge in [-0.2, -0.15) is 0 Å². The summed E-state index contributed by atoms with van der Waals surface area (Å²) in [5.41, 5.74) is 4.60. The van der Waals surface area contributed by atoms with E-state index in [1.165, 1.54) is 6.20 Å². The highest BCUT2D eigenvalue weighted by Gasteiger charge is 2.27. The Morgan fingerprint density at radius 3 is 2.86 bits per heavy atom. The summed E-state index contributed by atoms with van der Waals surface area (Å²) in [7, 11) is 1.67. The van der Waals surface area contributed by atoms with Crippen molar-refractivity contribution < 1.29 is 9.53 Å². The van der Waals surface area contributed by atoms with Gasteiger partial charge in [0.2, 0.25) is 0 Å². The summed E-state index contributed by atoms with van der Waals surface area (Å²) >= 11 is 0. The van der Waals surface area contributed by atoms with Crippen molar-refractivity contribution in [3.8, 4) is 16.9 Å². The lowest BCUT2D eigenvalue weighted by atomic mass is 9.92. The first-order valence-corrected chi connectivity index (χ1v) is 9.82. The van der Waals surface area contributed by atoms with Gasteiger partial charge in [0.05, 0.1) is 13.3 Å². The Morgan fingerprint density at radius 2 is 2.07 bits per heavy atom. The summed E-state index contributed by atoms with van der Waals surface area (Å²) in [5, 5.41) is 0. The number of aromatic nitrogens is 3. The number of hydrogen-bond acceptors (Lipinski definition) is 5. The average molecular weight is 388 g/mol. The Labute approximate surface area is 170 Å². The van der Waals surface area contributed by atoms with E-state index < -0.39 is 0 Å². The van der Waals surface area contributed by atoms with Crippen LogP contribution in [0.3, 0.4) is 0 Å². The van der Waals surface area contributed by atoms with Crippen molar-refractivity contribution in [3.05, 3.63) is 72.1 Å². The minimum Gasteiger partial charge on any atom is -0.497 e. The van der Waals surface area contributed by atoms with Gasteiger partial charge < -0.3 is 9.64 Å². The lowest BCUT2D eigenvalue weighted by molar-refractivity contribution is 0.0699. The number of aryl methyl sites for hydroxylation is 1. The highest BCUT2D eigenvalue weighted by Crippen LogP contribution is 2.31. The van der Waals surface area contributed by atoms with E-state index in [2.05, 4.69) is 28.2 Å². The van der Waals surface area contributed by atoms with Gasteiger partial charge in [-0.3, -0.25) is 14.8 Å². The average Bonchev–Trinajstić information content (AvgIpc) is 2.79. The largest absolute Gasteiger partial charge is 0.497 e. The van der Waals surface area contributed by atoms with E-state index in [0.717, 1.165) is 47.7 Å². The normalized spacial score (nSPS) is 16.5. The number of piperidine rings is 1. The molecule has 1 aromatic carbocycles. The summed E-state index contributed by atoms with van der Waals surface area (Å²) in [6.45, 7) is 3.39. The number of benzene rings is 1. The van der Waals surface area contributed by atoms with Crippen LogP contribution in [0.5, 0.6) is 5.75 Å². The van der Waals surface area contributed by atoms with Crippen LogP contribution in [-0.2, 0) is 0 Å². The molecule has 1 aliphatic heterocycles. The van der Waals surface area contributed by atoms with Gasteiger partial charge >= 0.3 is 0 Å². The maximum Gasteiger partial charge on any atom is 0.274 e. The SMILES string of the molecule is COc1cccc(-c2cc(C)nc(C3CCCN(C(=O)c4cnccn4)C3)c2)c1. The molecule has 0 saturated carbocycles. The summed E-state index contributed by atoms with van der Waals surface area (Å²) in [5.74, 6) is 0.967. The second-order valence-corrected chi connectivity index (χ2v) is 7.33. The van der Waals surface area contributed by atoms with Crippen molar-refractivity contribution >= 4 is 5.91 Å². The zero-order valence-electron chi connectivity index (χ0n) is 16.7. The molecule has 29 heavy (non-hydrogen) atoms. The molecule has 0 aliphatic carbocycles. The maximum atomic E-state index is 12.8. The third-order valence-electron chi connectivity index (χ3n) is 5.29. The maximum absolute atomic E-state index is 12.8. The second-order valence-electron chi connectivity index (χ2n) is 7.33. The monoisotopic (exact) mass is 388 g/mol. The number of pyridine rings is 1. The Bertz CT molecular complexity index is 1010. The molecule has 148 valence electrons. The molecule has 2 aromatic heterocycles. The lowest BCUT2D eigenvalue weighted by Crippen LogP contribution is -2.39. The van der Waals surface area contributed by atoms with Crippen LogP contribution in [0, 0.1) is 6.92 Å². The molecule has 6 heteroatoms. The van der Waals surface area contributed by atoms with Gasteiger partial charge in [0.15, 0.2) is 0 Å². The van der Waals surface area contributed by atoms with Crippen LogP contribution in [-0.4, -0.2) is 46.0 Å². The molecule has 1 atom stereocenters. The van der Waals surface area contributed by atoms with Crippen molar-refractivity contribution in [3.63, 3.8) is 0 Å². The number of carbonyl (C=O) groups excluding carboxylic acids is 1. The summed E-state index contributed by atoms with van der Waals surface area (Å²) < 4.78 is 5.36. The first kappa shape index (κ1) is 19.1. The number of rotatable bonds is 4. The molecule has 1 fully saturated rings. The lowest BCUT2D eigenvalue weighted by Gasteiger charge is -2.32. The Hall–Kier alpha value is -3.28. The minimum absolute atomic E-state index is 0.0662. The molecule has 0 N–H and O–H groups in total. The molecule has 6 nitrogen and oxygen atoms in total. The van der Waals surface area contributed by atoms with Crippen molar-refractivity contribution in [2.24, 2.45) is 0 Å². The van der Waals surface area contributed by atoms with Crippen LogP contribution in [0.4, 0.5) is 0 Å². The fraction of sp³-hybridized carbons (Fsp3) is 0.304. The van der Waals surface area contributed by atoms with Gasteiger partial charge in [0, 0.05) is 42.8 Å². The van der Waals surface area contributed by atoms with Gasteiger partial charge in [-0.1, -0.05) is 12.1 Å². The first-order chi connectivity index (χ1) is 14.1. The van der Waals surface area contributed by atoms with Crippen molar-refractivity contribution in [2.45, 2.75) is 25.7 Å². The van der Waals surface area contributed by atoms with Gasteiger partial charge in [0.25, 0.3) is 5.91 Å². The highest BCUT2D eigenvalue weighted by molar-refractivity contribution is 5.92. The molecule has 4 rings (SSSR count). The number of likely N-dealkylation sites (tertiary alicyclic amines) is 1. The molecular formula is C23H24N4O2. The summed E-state index contributed by atoms with van der Waals surface area (Å²) in [6, 6.07) is 12.3. The van der Waals surface area contributed by atoms with E-state index in [9.17, 15) is 4.79 Å². The van der Waals surface area contributed by atoms with Gasteiger partial charge in [-0.15, -0.1) is 0 Å². The molecular weight excluding hydrogens is 364 g/mol. The molecule has 1 unspecified atom stereocenters. The Morgan fingerprint density at radius 1 is 1.17 bits per heavy atom. The van der Waals surface area contributed by atoms with Crippen LogP contribution in [0.25, 0.3) is 11.1 Å². The number of ether oxygens (including phenoxy) is 1. The molecule has 0 radical (unpaired) electrons. The van der Waals surface area contributed by atoms with Crippen molar-refractivity contribution in [1.82, 2.24) is 19.9 Å². The minimum atomic E-state index is -0.0662. The standard InChI is InChI=1S/C23H24N4O2/c1-16-11-19(17-5-3-7-20(12-17)29-2)13-21(26-16)18-6-4-10-27(15-18)23(28)22-14-24-8-9-25-22/h3,5,7-9,11-14,18H,4,6,10,15H2,1-2H3. The molecule has 0 bridgehead atoms. The van der Waals surface area contributed by atoms with E-state index in [4.69, 9.17) is 9.72 Å². The topological polar surface area (TPSA) is 68.2 Å². The van der Waals surface area contributed by atoms with Gasteiger partial charge in [0.1, 0.15) is 11.4 Å². The first-order valence-electron chi connectivity index (χ1n) is 9.82. The molecule has 1 amide bonds. The van der Waals surface area contributed by atoms with E-state index in [1.54, 1.807) is 19.5 Å². The number of carbonyl (C=O) groups is 1. The fourth-order valence-corrected chi connectivity index (χ4v) is 3.85. The third kappa shape index (κ3) is 4.26. The molecule has 0 spiro atoms. The number of methoxy groups -OCH3 is 1. The zero-order chi connectivity index (χ0) is 20.2. The van der Waals surface area contributed by atoms with E-state index in [0.29, 0.717) is 12.2 Å². The Kier molecular flexibility index (Phi) is 5.51. The van der Waals surface area contributed by atoms with Crippen LogP contribution in [0.15, 0.2) is 55.0 Å². The van der Waals surface area contributed by atoms with Gasteiger partial charge in [-0.05, 0) is 55.2 Å². The summed E-state index contributed by atoms with van der Waals surface area (Å²) in [6.07, 6.45) is 6.61. The van der Waals surface area contributed by atoms with E-state index >= 15 is 0 Å². The molecule has 3 aromatic rings. The second kappa shape index (κ2) is 8.39. The van der Waals surface area contributed by atoms with Crippen LogP contribution < -0.4 is 4.74 Å². The zero-order valence-corrected chi connectivity index (χ0v) is 16.7. The number of nitrogens with zero attached hydrogens (tertiary/aromatic N) is 4. The quantitative estimate of drug-likeness (QED) is 0.679. The molecule has 1 aliphatic rings. The van der Waals surface area contributed by atoms with Crippen molar-refractivity contribution in [2.75, 3.05) is 20.2 Å². The number of amides is 1.